The molecular weight excluding hydrogens is 568 g/mol. The molecule has 0 aromatic rings. The number of fused-ring (bicyclic) bond motifs is 5. The predicted molar refractivity (Wildman–Crippen MR) is 177 cm³/mol. The van der Waals surface area contributed by atoms with E-state index in [1.165, 1.54) is 14.2 Å². The van der Waals surface area contributed by atoms with Gasteiger partial charge < -0.3 is 19.9 Å². The molecule has 0 aliphatic carbocycles. The zero-order valence-corrected chi connectivity index (χ0v) is 27.5. The zero-order chi connectivity index (χ0) is 32.6. The zero-order valence-electron chi connectivity index (χ0n) is 27.5. The second kappa shape index (κ2) is 12.5. The maximum atomic E-state index is 12.2. The third-order valence-corrected chi connectivity index (χ3v) is 9.59. The van der Waals surface area contributed by atoms with Crippen molar-refractivity contribution in [1.82, 2.24) is 5.32 Å². The molecule has 0 saturated heterocycles. The van der Waals surface area contributed by atoms with E-state index in [0.717, 1.165) is 74.1 Å². The summed E-state index contributed by atoms with van der Waals surface area (Å²) in [5.74, 6) is -0.323. The monoisotopic (exact) mass is 610 g/mol. The molecular formula is C36H42N4O5. The molecule has 0 spiro atoms. The number of aliphatic hydroxyl groups excluding tert-OH is 1. The Bertz CT molecular complexity index is 1730. The number of allylic oxidation sites excluding steroid dienone is 10. The Morgan fingerprint density at radius 3 is 1.89 bits per heavy atom. The van der Waals surface area contributed by atoms with Crippen molar-refractivity contribution in [1.29, 1.82) is 0 Å². The molecule has 9 nitrogen and oxygen atoms in total. The summed E-state index contributed by atoms with van der Waals surface area (Å²) in [6.45, 7) is 12.3. The Kier molecular flexibility index (Phi) is 8.83. The van der Waals surface area contributed by atoms with Crippen molar-refractivity contribution in [3.63, 3.8) is 0 Å². The smallest absolute Gasteiger partial charge is 0.305 e. The lowest BCUT2D eigenvalue weighted by atomic mass is 9.82. The summed E-state index contributed by atoms with van der Waals surface area (Å²) in [5, 5.41) is 15.0. The maximum absolute atomic E-state index is 12.2. The highest BCUT2D eigenvalue weighted by atomic mass is 16.5. The molecule has 0 aromatic heterocycles. The van der Waals surface area contributed by atoms with Crippen LogP contribution in [0.15, 0.2) is 107 Å². The first kappa shape index (κ1) is 31.9. The van der Waals surface area contributed by atoms with E-state index in [-0.39, 0.29) is 30.5 Å². The van der Waals surface area contributed by atoms with E-state index in [9.17, 15) is 14.7 Å². The van der Waals surface area contributed by atoms with E-state index >= 15 is 0 Å². The number of nitrogens with zero attached hydrogens (tertiary/aromatic N) is 3. The van der Waals surface area contributed by atoms with E-state index in [1.807, 2.05) is 45.1 Å². The van der Waals surface area contributed by atoms with Gasteiger partial charge in [0.05, 0.1) is 59.6 Å². The molecule has 45 heavy (non-hydrogen) atoms. The molecule has 5 rings (SSSR count). The summed E-state index contributed by atoms with van der Waals surface area (Å²) < 4.78 is 9.88. The number of rotatable bonds is 8. The molecule has 0 fully saturated rings. The van der Waals surface area contributed by atoms with Gasteiger partial charge in [0.15, 0.2) is 0 Å². The molecule has 5 heterocycles. The molecule has 0 saturated carbocycles. The lowest BCUT2D eigenvalue weighted by molar-refractivity contribution is -0.141. The molecule has 5 aliphatic heterocycles. The third-order valence-electron chi connectivity index (χ3n) is 9.59. The van der Waals surface area contributed by atoms with Crippen molar-refractivity contribution in [2.45, 2.75) is 80.1 Å². The van der Waals surface area contributed by atoms with E-state index in [4.69, 9.17) is 24.5 Å². The molecule has 1 unspecified atom stereocenters. The van der Waals surface area contributed by atoms with Gasteiger partial charge >= 0.3 is 11.9 Å². The molecule has 236 valence electrons. The van der Waals surface area contributed by atoms with Crippen LogP contribution in [-0.2, 0) is 19.1 Å². The molecule has 2 N–H and O–H groups in total. The van der Waals surface area contributed by atoms with Crippen molar-refractivity contribution in [3.05, 3.63) is 92.0 Å². The topological polar surface area (TPSA) is 122 Å². The van der Waals surface area contributed by atoms with Crippen LogP contribution in [0.5, 0.6) is 0 Å². The first-order chi connectivity index (χ1) is 21.4. The number of hydrogen-bond acceptors (Lipinski definition) is 9. The predicted octanol–water partition coefficient (Wildman–Crippen LogP) is 6.95. The summed E-state index contributed by atoms with van der Waals surface area (Å²) in [4.78, 5) is 39.5. The highest BCUT2D eigenvalue weighted by Gasteiger charge is 2.41. The van der Waals surface area contributed by atoms with Gasteiger partial charge in [0.1, 0.15) is 5.76 Å². The first-order valence-corrected chi connectivity index (χ1v) is 15.5. The molecule has 5 aliphatic rings. The number of nitrogens with one attached hydrogen (secondary N) is 1. The molecule has 9 heteroatoms. The summed E-state index contributed by atoms with van der Waals surface area (Å²) in [7, 11) is 2.78. The summed E-state index contributed by atoms with van der Waals surface area (Å²) in [5.41, 5.74) is 11.3. The number of ether oxygens (including phenoxy) is 2. The van der Waals surface area contributed by atoms with Gasteiger partial charge in [-0.3, -0.25) is 9.59 Å². The molecule has 8 bridgehead atoms. The number of hydrogen-bond donors (Lipinski definition) is 2. The fourth-order valence-corrected chi connectivity index (χ4v) is 6.36. The third kappa shape index (κ3) is 5.72. The van der Waals surface area contributed by atoms with Crippen LogP contribution in [0.2, 0.25) is 0 Å². The van der Waals surface area contributed by atoms with E-state index < -0.39 is 5.41 Å². The highest BCUT2D eigenvalue weighted by Crippen LogP contribution is 2.45. The highest BCUT2D eigenvalue weighted by molar-refractivity contribution is 6.18. The molecule has 0 amide bonds. The first-order valence-electron chi connectivity index (χ1n) is 15.5. The van der Waals surface area contributed by atoms with Gasteiger partial charge in [-0.2, -0.15) is 0 Å². The SMILES string of the molecule is CCC1=C(C)C2=NC1=CC1=C(O)C(C)(CC)C(=CC3=NC(=CC4=NC(=C2)C(C)=C4CCC(=O)OC)C(CCC(=O)OC)=C3C)N1. The Balaban J connectivity index is 1.76. The Morgan fingerprint density at radius 2 is 1.29 bits per heavy atom. The summed E-state index contributed by atoms with van der Waals surface area (Å²) in [6.07, 6.45) is 10.7. The van der Waals surface area contributed by atoms with E-state index in [2.05, 4.69) is 26.1 Å². The maximum Gasteiger partial charge on any atom is 0.305 e. The number of esters is 2. The number of methoxy groups -OCH3 is 2. The van der Waals surface area contributed by atoms with Crippen LogP contribution in [0.3, 0.4) is 0 Å². The second-order valence-electron chi connectivity index (χ2n) is 12.0. The van der Waals surface area contributed by atoms with Gasteiger partial charge in [0.2, 0.25) is 0 Å². The minimum absolute atomic E-state index is 0.206. The van der Waals surface area contributed by atoms with Crippen LogP contribution in [0.4, 0.5) is 0 Å². The average Bonchev–Trinajstić information content (AvgIpc) is 3.67. The Morgan fingerprint density at radius 1 is 0.756 bits per heavy atom. The van der Waals surface area contributed by atoms with Gasteiger partial charge in [-0.05, 0) is 111 Å². The molecule has 1 atom stereocenters. The van der Waals surface area contributed by atoms with Crippen LogP contribution >= 0.6 is 0 Å². The number of aliphatic hydroxyl groups is 1. The van der Waals surface area contributed by atoms with E-state index in [1.54, 1.807) is 0 Å². The van der Waals surface area contributed by atoms with Crippen molar-refractivity contribution in [3.8, 4) is 0 Å². The normalized spacial score (nSPS) is 22.5. The van der Waals surface area contributed by atoms with Gasteiger partial charge in [0.25, 0.3) is 0 Å². The number of carbonyl (C=O) groups is 2. The quantitative estimate of drug-likeness (QED) is 0.287. The molecule has 0 aromatic carbocycles. The van der Waals surface area contributed by atoms with Crippen molar-refractivity contribution >= 4 is 29.1 Å². The van der Waals surface area contributed by atoms with E-state index in [0.29, 0.717) is 30.7 Å². The van der Waals surface area contributed by atoms with Crippen LogP contribution in [0.25, 0.3) is 0 Å². The van der Waals surface area contributed by atoms with Crippen molar-refractivity contribution in [2.75, 3.05) is 14.2 Å². The van der Waals surface area contributed by atoms with Crippen LogP contribution in [0.1, 0.15) is 80.1 Å². The van der Waals surface area contributed by atoms with Crippen molar-refractivity contribution < 1.29 is 24.2 Å². The van der Waals surface area contributed by atoms with Crippen LogP contribution in [0, 0.1) is 5.41 Å². The standard InChI is InChI=1S/C36H42N4O5/c1-9-22-19(3)25-15-26-20(4)23(11-13-33(41)44-7)29(38-26)16-30-24(12-14-34(42)45-8)21(5)27(39-30)18-32-36(6,10-2)35(43)31(40-32)17-28(22)37-25/h15-18,40,43H,9-14H2,1-8H3. The fraction of sp³-hybridized carbons (Fsp3) is 0.417. The van der Waals surface area contributed by atoms with Gasteiger partial charge in [0, 0.05) is 18.5 Å². The van der Waals surface area contributed by atoms with Gasteiger partial charge in [-0.15, -0.1) is 0 Å². The minimum atomic E-state index is -0.649. The Labute approximate surface area is 265 Å². The van der Waals surface area contributed by atoms with Gasteiger partial charge in [-0.25, -0.2) is 15.0 Å². The fourth-order valence-electron chi connectivity index (χ4n) is 6.36. The number of carbonyl (C=O) groups excluding carboxylic acids is 2. The second-order valence-corrected chi connectivity index (χ2v) is 12.0. The van der Waals surface area contributed by atoms with Gasteiger partial charge in [-0.1, -0.05) is 13.8 Å². The molecule has 0 radical (unpaired) electrons. The summed E-state index contributed by atoms with van der Waals surface area (Å²) >= 11 is 0. The van der Waals surface area contributed by atoms with Crippen molar-refractivity contribution in [2.24, 2.45) is 20.4 Å². The lowest BCUT2D eigenvalue weighted by Gasteiger charge is -2.24. The lowest BCUT2D eigenvalue weighted by Crippen LogP contribution is -2.22. The number of aliphatic imine (C=N–C) groups is 3. The Hall–Kier alpha value is -4.53. The largest absolute Gasteiger partial charge is 0.509 e. The minimum Gasteiger partial charge on any atom is -0.509 e. The average molecular weight is 611 g/mol. The van der Waals surface area contributed by atoms with Crippen LogP contribution < -0.4 is 5.32 Å². The summed E-state index contributed by atoms with van der Waals surface area (Å²) in [6, 6.07) is 0. The van der Waals surface area contributed by atoms with Crippen LogP contribution in [-0.4, -0.2) is 48.4 Å².